The first-order chi connectivity index (χ1) is 13.6. The maximum absolute atomic E-state index is 9.85. The fourth-order valence-electron chi connectivity index (χ4n) is 3.67. The van der Waals surface area contributed by atoms with E-state index in [4.69, 9.17) is 4.98 Å². The molecule has 138 valence electrons. The highest BCUT2D eigenvalue weighted by molar-refractivity contribution is 5.86. The highest BCUT2D eigenvalue weighted by atomic mass is 15.1. The number of fused-ring (bicyclic) bond motifs is 3. The number of hydrogen-bond acceptors (Lipinski definition) is 3. The van der Waals surface area contributed by atoms with Gasteiger partial charge in [-0.05, 0) is 43.5 Å². The zero-order valence-electron chi connectivity index (χ0n) is 16.2. The van der Waals surface area contributed by atoms with Crippen LogP contribution in [0.1, 0.15) is 29.2 Å². The van der Waals surface area contributed by atoms with Crippen LogP contribution in [0.25, 0.3) is 16.7 Å². The molecule has 0 atom stereocenters. The van der Waals surface area contributed by atoms with Gasteiger partial charge < -0.3 is 5.32 Å². The Bertz CT molecular complexity index is 1230. The van der Waals surface area contributed by atoms with E-state index >= 15 is 0 Å². The topological polar surface area (TPSA) is 53.1 Å². The monoisotopic (exact) mass is 366 g/mol. The predicted octanol–water partition coefficient (Wildman–Crippen LogP) is 5.40. The Hall–Kier alpha value is -3.58. The van der Waals surface area contributed by atoms with Crippen molar-refractivity contribution in [3.05, 3.63) is 89.0 Å². The Labute approximate surface area is 164 Å². The Kier molecular flexibility index (Phi) is 4.58. The Balaban J connectivity index is 2.00. The summed E-state index contributed by atoms with van der Waals surface area (Å²) in [6.07, 6.45) is 0.708. The van der Waals surface area contributed by atoms with Gasteiger partial charge in [0.05, 0.1) is 16.6 Å². The molecule has 4 nitrogen and oxygen atoms in total. The van der Waals surface area contributed by atoms with E-state index < -0.39 is 0 Å². The lowest BCUT2D eigenvalue weighted by Crippen LogP contribution is -2.11. The first kappa shape index (κ1) is 17.8. The molecule has 1 N–H and O–H groups in total. The van der Waals surface area contributed by atoms with Crippen LogP contribution in [-0.2, 0) is 13.0 Å². The molecule has 0 aliphatic rings. The van der Waals surface area contributed by atoms with Crippen LogP contribution in [0.15, 0.2) is 66.7 Å². The van der Waals surface area contributed by atoms with Gasteiger partial charge >= 0.3 is 0 Å². The van der Waals surface area contributed by atoms with E-state index in [1.807, 2.05) is 56.3 Å². The van der Waals surface area contributed by atoms with E-state index in [-0.39, 0.29) is 0 Å². The lowest BCUT2D eigenvalue weighted by Gasteiger charge is -2.19. The van der Waals surface area contributed by atoms with Crippen LogP contribution in [0, 0.1) is 18.3 Å². The van der Waals surface area contributed by atoms with Crippen LogP contribution in [0.3, 0.4) is 0 Å². The standard InChI is InChI=1S/C24H22N4/c1-16(2)13-19-17(3)20(14-25)24-27-21-11-7-8-12-22(21)28(24)23(19)26-15-18-9-5-4-6-10-18/h4-12,26H,1,13,15H2,2-3H3. The molecule has 28 heavy (non-hydrogen) atoms. The summed E-state index contributed by atoms with van der Waals surface area (Å²) in [5.41, 5.74) is 7.50. The predicted molar refractivity (Wildman–Crippen MR) is 114 cm³/mol. The zero-order chi connectivity index (χ0) is 19.7. The molecule has 4 heteroatoms. The number of aromatic nitrogens is 2. The number of hydrogen-bond donors (Lipinski definition) is 1. The molecule has 0 saturated heterocycles. The van der Waals surface area contributed by atoms with Gasteiger partial charge in [0, 0.05) is 12.1 Å². The van der Waals surface area contributed by atoms with E-state index in [1.165, 1.54) is 5.56 Å². The Morgan fingerprint density at radius 3 is 2.57 bits per heavy atom. The smallest absolute Gasteiger partial charge is 0.157 e. The lowest BCUT2D eigenvalue weighted by molar-refractivity contribution is 1.02. The van der Waals surface area contributed by atoms with Gasteiger partial charge in [0.15, 0.2) is 5.65 Å². The van der Waals surface area contributed by atoms with Crippen molar-refractivity contribution < 1.29 is 0 Å². The largest absolute Gasteiger partial charge is 0.367 e. The molecule has 2 aromatic carbocycles. The van der Waals surface area contributed by atoms with Gasteiger partial charge in [-0.15, -0.1) is 0 Å². The zero-order valence-corrected chi connectivity index (χ0v) is 16.2. The first-order valence-electron chi connectivity index (χ1n) is 9.35. The maximum atomic E-state index is 9.85. The van der Waals surface area contributed by atoms with E-state index in [0.717, 1.165) is 33.6 Å². The molecule has 4 aromatic rings. The summed E-state index contributed by atoms with van der Waals surface area (Å²) in [5.74, 6) is 0.979. The van der Waals surface area contributed by atoms with Crippen molar-refractivity contribution in [2.24, 2.45) is 0 Å². The average molecular weight is 366 g/mol. The normalized spacial score (nSPS) is 10.9. The summed E-state index contributed by atoms with van der Waals surface area (Å²) in [4.78, 5) is 4.76. The molecular weight excluding hydrogens is 344 g/mol. The number of rotatable bonds is 5. The minimum absolute atomic E-state index is 0.623. The number of allylic oxidation sites excluding steroid dienone is 1. The first-order valence-corrected chi connectivity index (χ1v) is 9.35. The van der Waals surface area contributed by atoms with Gasteiger partial charge in [-0.3, -0.25) is 4.40 Å². The van der Waals surface area contributed by atoms with Crippen molar-refractivity contribution in [3.63, 3.8) is 0 Å². The second kappa shape index (κ2) is 7.21. The molecule has 0 aliphatic heterocycles. The number of pyridine rings is 1. The van der Waals surface area contributed by atoms with Crippen LogP contribution in [0.5, 0.6) is 0 Å². The molecule has 0 unspecified atom stereocenters. The number of imidazole rings is 1. The fraction of sp³-hybridized carbons (Fsp3) is 0.167. The molecule has 0 radical (unpaired) electrons. The van der Waals surface area contributed by atoms with Crippen molar-refractivity contribution in [2.75, 3.05) is 5.32 Å². The summed E-state index contributed by atoms with van der Waals surface area (Å²) in [6.45, 7) is 8.81. The number of nitriles is 1. The van der Waals surface area contributed by atoms with Gasteiger partial charge in [0.2, 0.25) is 0 Å². The van der Waals surface area contributed by atoms with Gasteiger partial charge in [-0.2, -0.15) is 5.26 Å². The minimum Gasteiger partial charge on any atom is -0.367 e. The van der Waals surface area contributed by atoms with E-state index in [0.29, 0.717) is 24.2 Å². The molecule has 0 fully saturated rings. The number of para-hydroxylation sites is 2. The molecule has 4 rings (SSSR count). The average Bonchev–Trinajstić information content (AvgIpc) is 3.07. The Morgan fingerprint density at radius 1 is 1.14 bits per heavy atom. The highest BCUT2D eigenvalue weighted by Gasteiger charge is 2.20. The Morgan fingerprint density at radius 2 is 1.86 bits per heavy atom. The molecular formula is C24H22N4. The van der Waals surface area contributed by atoms with Crippen molar-refractivity contribution in [1.82, 2.24) is 9.38 Å². The summed E-state index contributed by atoms with van der Waals surface area (Å²) < 4.78 is 2.09. The summed E-state index contributed by atoms with van der Waals surface area (Å²) in [5, 5.41) is 13.5. The van der Waals surface area contributed by atoms with E-state index in [9.17, 15) is 5.26 Å². The van der Waals surface area contributed by atoms with Crippen LogP contribution < -0.4 is 5.32 Å². The summed E-state index contributed by atoms with van der Waals surface area (Å²) in [6, 6.07) is 20.7. The molecule has 0 saturated carbocycles. The second-order valence-electron chi connectivity index (χ2n) is 7.17. The molecule has 2 heterocycles. The van der Waals surface area contributed by atoms with Crippen LogP contribution in [0.2, 0.25) is 0 Å². The van der Waals surface area contributed by atoms with Crippen molar-refractivity contribution in [3.8, 4) is 6.07 Å². The number of benzene rings is 2. The maximum Gasteiger partial charge on any atom is 0.157 e. The summed E-state index contributed by atoms with van der Waals surface area (Å²) >= 11 is 0. The quantitative estimate of drug-likeness (QED) is 0.481. The van der Waals surface area contributed by atoms with Gasteiger partial charge in [-0.1, -0.05) is 54.6 Å². The molecule has 0 bridgehead atoms. The van der Waals surface area contributed by atoms with E-state index in [1.54, 1.807) is 0 Å². The van der Waals surface area contributed by atoms with Crippen LogP contribution in [-0.4, -0.2) is 9.38 Å². The number of nitrogens with zero attached hydrogens (tertiary/aromatic N) is 3. The van der Waals surface area contributed by atoms with Gasteiger partial charge in [-0.25, -0.2) is 4.98 Å². The van der Waals surface area contributed by atoms with Crippen molar-refractivity contribution >= 4 is 22.5 Å². The minimum atomic E-state index is 0.623. The van der Waals surface area contributed by atoms with Crippen LogP contribution in [0.4, 0.5) is 5.82 Å². The highest BCUT2D eigenvalue weighted by Crippen LogP contribution is 2.32. The lowest BCUT2D eigenvalue weighted by atomic mass is 9.99. The van der Waals surface area contributed by atoms with Gasteiger partial charge in [0.1, 0.15) is 11.9 Å². The third-order valence-electron chi connectivity index (χ3n) is 5.01. The number of anilines is 1. The van der Waals surface area contributed by atoms with Crippen molar-refractivity contribution in [2.45, 2.75) is 26.8 Å². The fourth-order valence-corrected chi connectivity index (χ4v) is 3.67. The third-order valence-corrected chi connectivity index (χ3v) is 5.01. The van der Waals surface area contributed by atoms with Crippen molar-refractivity contribution in [1.29, 1.82) is 5.26 Å². The third kappa shape index (κ3) is 3.01. The molecule has 2 aromatic heterocycles. The van der Waals surface area contributed by atoms with Gasteiger partial charge in [0.25, 0.3) is 0 Å². The molecule has 0 amide bonds. The second-order valence-corrected chi connectivity index (χ2v) is 7.17. The molecule has 0 aliphatic carbocycles. The molecule has 0 spiro atoms. The number of nitrogens with one attached hydrogen (secondary N) is 1. The SMILES string of the molecule is C=C(C)Cc1c(C)c(C#N)c2nc3ccccc3n2c1NCc1ccccc1. The van der Waals surface area contributed by atoms with Crippen LogP contribution >= 0.6 is 0 Å². The van der Waals surface area contributed by atoms with E-state index in [2.05, 4.69) is 34.5 Å². The summed E-state index contributed by atoms with van der Waals surface area (Å²) in [7, 11) is 0.